The lowest BCUT2D eigenvalue weighted by atomic mass is 9.79. The van der Waals surface area contributed by atoms with Crippen molar-refractivity contribution >= 4 is 18.3 Å². The molecule has 6 nitrogen and oxygen atoms in total. The minimum absolute atomic E-state index is 0. The number of benzene rings is 1. The molecule has 3 N–H and O–H groups in total. The number of hydrogen-bond acceptors (Lipinski definition) is 5. The van der Waals surface area contributed by atoms with Crippen molar-refractivity contribution in [2.45, 2.75) is 32.2 Å². The van der Waals surface area contributed by atoms with E-state index in [1.54, 1.807) is 14.2 Å². The molecule has 0 spiro atoms. The first kappa shape index (κ1) is 21.5. The van der Waals surface area contributed by atoms with E-state index in [9.17, 15) is 4.79 Å². The Balaban J connectivity index is 0.00000312. The van der Waals surface area contributed by atoms with Gasteiger partial charge in [0.1, 0.15) is 0 Å². The molecule has 1 amide bonds. The van der Waals surface area contributed by atoms with Crippen molar-refractivity contribution in [2.24, 2.45) is 11.1 Å². The standard InChI is InChI=1S/C18H28N2O4.ClH/c1-13(10-14-4-5-15(22-2)16(11-14)23-3)20-17(21)18(12-19)6-8-24-9-7-18;/h4-5,11,13H,6-10,12,19H2,1-3H3,(H,20,21);1H. The van der Waals surface area contributed by atoms with Gasteiger partial charge in [0.15, 0.2) is 11.5 Å². The zero-order valence-corrected chi connectivity index (χ0v) is 16.0. The lowest BCUT2D eigenvalue weighted by molar-refractivity contribution is -0.136. The number of nitrogens with two attached hydrogens (primary N) is 1. The number of carbonyl (C=O) groups excluding carboxylic acids is 1. The van der Waals surface area contributed by atoms with Gasteiger partial charge in [-0.15, -0.1) is 12.4 Å². The van der Waals surface area contributed by atoms with E-state index >= 15 is 0 Å². The molecule has 142 valence electrons. The summed E-state index contributed by atoms with van der Waals surface area (Å²) in [6, 6.07) is 5.80. The highest BCUT2D eigenvalue weighted by Gasteiger charge is 2.39. The molecular weight excluding hydrogens is 344 g/mol. The summed E-state index contributed by atoms with van der Waals surface area (Å²) in [7, 11) is 3.23. The van der Waals surface area contributed by atoms with E-state index in [1.165, 1.54) is 0 Å². The Kier molecular flexibility index (Phi) is 8.48. The summed E-state index contributed by atoms with van der Waals surface area (Å²) in [6.45, 7) is 3.53. The van der Waals surface area contributed by atoms with Gasteiger partial charge in [-0.25, -0.2) is 0 Å². The molecule has 0 bridgehead atoms. The van der Waals surface area contributed by atoms with Crippen LogP contribution in [0.5, 0.6) is 11.5 Å². The third-order valence-electron chi connectivity index (χ3n) is 4.69. The van der Waals surface area contributed by atoms with Gasteiger partial charge in [-0.05, 0) is 43.9 Å². The normalized spacial score (nSPS) is 17.1. The van der Waals surface area contributed by atoms with Crippen molar-refractivity contribution in [3.63, 3.8) is 0 Å². The van der Waals surface area contributed by atoms with Crippen molar-refractivity contribution in [1.82, 2.24) is 5.32 Å². The lowest BCUT2D eigenvalue weighted by Crippen LogP contribution is -2.51. The van der Waals surface area contributed by atoms with Crippen molar-refractivity contribution in [1.29, 1.82) is 0 Å². The second-order valence-electron chi connectivity index (χ2n) is 6.36. The van der Waals surface area contributed by atoms with Crippen LogP contribution in [0, 0.1) is 5.41 Å². The molecule has 1 aromatic carbocycles. The average molecular weight is 373 g/mol. The van der Waals surface area contributed by atoms with E-state index in [-0.39, 0.29) is 24.4 Å². The van der Waals surface area contributed by atoms with Gasteiger partial charge in [-0.3, -0.25) is 4.79 Å². The van der Waals surface area contributed by atoms with Crippen LogP contribution >= 0.6 is 12.4 Å². The summed E-state index contributed by atoms with van der Waals surface area (Å²) in [6.07, 6.45) is 2.07. The van der Waals surface area contributed by atoms with Crippen molar-refractivity contribution in [3.05, 3.63) is 23.8 Å². The fourth-order valence-electron chi connectivity index (χ4n) is 3.08. The number of hydrogen-bond donors (Lipinski definition) is 2. The Bertz CT molecular complexity index is 562. The van der Waals surface area contributed by atoms with Gasteiger partial charge < -0.3 is 25.3 Å². The van der Waals surface area contributed by atoms with Crippen LogP contribution in [0.4, 0.5) is 0 Å². The zero-order valence-electron chi connectivity index (χ0n) is 15.2. The molecule has 2 rings (SSSR count). The molecule has 7 heteroatoms. The van der Waals surface area contributed by atoms with Crippen LogP contribution in [-0.4, -0.2) is 45.9 Å². The quantitative estimate of drug-likeness (QED) is 0.764. The van der Waals surface area contributed by atoms with Gasteiger partial charge in [-0.1, -0.05) is 6.07 Å². The first-order valence-corrected chi connectivity index (χ1v) is 8.34. The molecule has 0 aliphatic carbocycles. The molecule has 1 saturated heterocycles. The van der Waals surface area contributed by atoms with E-state index in [0.29, 0.717) is 50.5 Å². The Morgan fingerprint density at radius 2 is 1.92 bits per heavy atom. The molecule has 0 saturated carbocycles. The van der Waals surface area contributed by atoms with Crippen LogP contribution in [-0.2, 0) is 16.0 Å². The number of nitrogens with one attached hydrogen (secondary N) is 1. The molecular formula is C18H29ClN2O4. The fraction of sp³-hybridized carbons (Fsp3) is 0.611. The van der Waals surface area contributed by atoms with E-state index in [1.807, 2.05) is 25.1 Å². The van der Waals surface area contributed by atoms with Crippen molar-refractivity contribution in [3.8, 4) is 11.5 Å². The molecule has 1 atom stereocenters. The van der Waals surface area contributed by atoms with Crippen LogP contribution in [0.2, 0.25) is 0 Å². The Morgan fingerprint density at radius 3 is 2.48 bits per heavy atom. The van der Waals surface area contributed by atoms with Gasteiger partial charge in [0.25, 0.3) is 0 Å². The first-order chi connectivity index (χ1) is 11.5. The maximum atomic E-state index is 12.7. The Morgan fingerprint density at radius 1 is 1.28 bits per heavy atom. The number of methoxy groups -OCH3 is 2. The van der Waals surface area contributed by atoms with Crippen LogP contribution in [0.3, 0.4) is 0 Å². The number of halogens is 1. The Hall–Kier alpha value is -1.50. The van der Waals surface area contributed by atoms with Gasteiger partial charge in [0.2, 0.25) is 5.91 Å². The molecule has 0 aromatic heterocycles. The molecule has 1 aliphatic heterocycles. The highest BCUT2D eigenvalue weighted by Crippen LogP contribution is 2.30. The van der Waals surface area contributed by atoms with Gasteiger partial charge >= 0.3 is 0 Å². The van der Waals surface area contributed by atoms with Crippen LogP contribution < -0.4 is 20.5 Å². The van der Waals surface area contributed by atoms with Gasteiger partial charge in [0.05, 0.1) is 19.6 Å². The van der Waals surface area contributed by atoms with Crippen LogP contribution in [0.15, 0.2) is 18.2 Å². The SMILES string of the molecule is COc1ccc(CC(C)NC(=O)C2(CN)CCOCC2)cc1OC.Cl. The number of carbonyl (C=O) groups is 1. The largest absolute Gasteiger partial charge is 0.493 e. The number of amides is 1. The molecule has 25 heavy (non-hydrogen) atoms. The first-order valence-electron chi connectivity index (χ1n) is 8.34. The topological polar surface area (TPSA) is 82.8 Å². The second-order valence-corrected chi connectivity index (χ2v) is 6.36. The molecule has 1 heterocycles. The van der Waals surface area contributed by atoms with Crippen molar-refractivity contribution in [2.75, 3.05) is 34.0 Å². The minimum Gasteiger partial charge on any atom is -0.493 e. The third-order valence-corrected chi connectivity index (χ3v) is 4.69. The maximum Gasteiger partial charge on any atom is 0.227 e. The predicted molar refractivity (Wildman–Crippen MR) is 99.6 cm³/mol. The summed E-state index contributed by atoms with van der Waals surface area (Å²) < 4.78 is 15.9. The maximum absolute atomic E-state index is 12.7. The van der Waals surface area contributed by atoms with E-state index in [4.69, 9.17) is 19.9 Å². The van der Waals surface area contributed by atoms with E-state index < -0.39 is 5.41 Å². The summed E-state index contributed by atoms with van der Waals surface area (Å²) in [4.78, 5) is 12.7. The van der Waals surface area contributed by atoms with Crippen LogP contribution in [0.25, 0.3) is 0 Å². The molecule has 0 radical (unpaired) electrons. The summed E-state index contributed by atoms with van der Waals surface area (Å²) in [5.74, 6) is 1.42. The minimum atomic E-state index is -0.496. The lowest BCUT2D eigenvalue weighted by Gasteiger charge is -2.35. The average Bonchev–Trinajstić information content (AvgIpc) is 2.61. The highest BCUT2D eigenvalue weighted by molar-refractivity contribution is 5.85. The summed E-state index contributed by atoms with van der Waals surface area (Å²) in [5, 5.41) is 3.11. The molecule has 1 fully saturated rings. The van der Waals surface area contributed by atoms with E-state index in [0.717, 1.165) is 5.56 Å². The number of rotatable bonds is 7. The van der Waals surface area contributed by atoms with Crippen molar-refractivity contribution < 1.29 is 19.0 Å². The smallest absolute Gasteiger partial charge is 0.227 e. The molecule has 1 aromatic rings. The highest BCUT2D eigenvalue weighted by atomic mass is 35.5. The molecule has 1 unspecified atom stereocenters. The molecule has 1 aliphatic rings. The van der Waals surface area contributed by atoms with Crippen LogP contribution in [0.1, 0.15) is 25.3 Å². The number of ether oxygens (including phenoxy) is 3. The Labute approximate surface area is 155 Å². The van der Waals surface area contributed by atoms with Gasteiger partial charge in [0, 0.05) is 25.8 Å². The summed E-state index contributed by atoms with van der Waals surface area (Å²) in [5.41, 5.74) is 6.47. The van der Waals surface area contributed by atoms with E-state index in [2.05, 4.69) is 5.32 Å². The second kappa shape index (κ2) is 9.85. The zero-order chi connectivity index (χ0) is 17.6. The fourth-order valence-corrected chi connectivity index (χ4v) is 3.08. The summed E-state index contributed by atoms with van der Waals surface area (Å²) >= 11 is 0. The monoisotopic (exact) mass is 372 g/mol. The predicted octanol–water partition coefficient (Wildman–Crippen LogP) is 1.93. The third kappa shape index (κ3) is 5.23. The van der Waals surface area contributed by atoms with Gasteiger partial charge in [-0.2, -0.15) is 0 Å².